The number of rotatable bonds is 3. The van der Waals surface area contributed by atoms with Gasteiger partial charge in [-0.2, -0.15) is 0 Å². The van der Waals surface area contributed by atoms with Crippen molar-refractivity contribution in [2.45, 2.75) is 82.5 Å². The molecule has 4 nitrogen and oxygen atoms in total. The molecule has 0 aromatic carbocycles. The smallest absolute Gasteiger partial charge is 0.0828 e. The molecule has 0 heterocycles. The summed E-state index contributed by atoms with van der Waals surface area (Å²) in [6, 6.07) is 0. The van der Waals surface area contributed by atoms with Gasteiger partial charge in [0.15, 0.2) is 0 Å². The Bertz CT molecular complexity index is 749. The normalized spacial score (nSPS) is 63.4. The summed E-state index contributed by atoms with van der Waals surface area (Å²) in [5.74, 6) is 2.67. The highest BCUT2D eigenvalue weighted by Crippen LogP contribution is 2.80. The minimum Gasteiger partial charge on any atom is -0.396 e. The summed E-state index contributed by atoms with van der Waals surface area (Å²) < 4.78 is 0. The summed E-state index contributed by atoms with van der Waals surface area (Å²) in [4.78, 5) is 0. The molecule has 0 aromatic heterocycles. The Labute approximate surface area is 168 Å². The summed E-state index contributed by atoms with van der Waals surface area (Å²) in [5.41, 5.74) is -0.144. The van der Waals surface area contributed by atoms with Gasteiger partial charge in [-0.15, -0.1) is 0 Å². The van der Waals surface area contributed by atoms with Crippen molar-refractivity contribution >= 4 is 0 Å². The molecule has 6 rings (SSSR count). The zero-order chi connectivity index (χ0) is 19.7. The lowest BCUT2D eigenvalue weighted by atomic mass is 9.42. The fraction of sp³-hybridized carbons (Fsp3) is 0.917. The maximum absolute atomic E-state index is 11.8. The summed E-state index contributed by atoms with van der Waals surface area (Å²) in [6.07, 6.45) is 8.83. The third kappa shape index (κ3) is 1.84. The van der Waals surface area contributed by atoms with Crippen LogP contribution in [0.1, 0.15) is 65.2 Å². The van der Waals surface area contributed by atoms with E-state index in [4.69, 9.17) is 0 Å². The van der Waals surface area contributed by atoms with Gasteiger partial charge in [0.05, 0.1) is 17.3 Å². The highest BCUT2D eigenvalue weighted by Gasteiger charge is 2.79. The maximum atomic E-state index is 11.8. The molecule has 28 heavy (non-hydrogen) atoms. The second-order valence-corrected chi connectivity index (χ2v) is 11.8. The van der Waals surface area contributed by atoms with Gasteiger partial charge in [-0.3, -0.25) is 0 Å². The van der Waals surface area contributed by atoms with Crippen LogP contribution in [-0.2, 0) is 0 Å². The van der Waals surface area contributed by atoms with Crippen molar-refractivity contribution in [3.63, 3.8) is 0 Å². The fourth-order valence-corrected chi connectivity index (χ4v) is 9.49. The number of hydrogen-bond donors (Lipinski definition) is 4. The lowest BCUT2D eigenvalue weighted by molar-refractivity contribution is -0.220. The van der Waals surface area contributed by atoms with E-state index < -0.39 is 11.2 Å². The average molecular weight is 389 g/mol. The molecule has 0 amide bonds. The van der Waals surface area contributed by atoms with Crippen LogP contribution in [0.15, 0.2) is 11.6 Å². The molecule has 0 spiro atoms. The van der Waals surface area contributed by atoms with E-state index in [0.29, 0.717) is 42.4 Å². The van der Waals surface area contributed by atoms with Crippen LogP contribution < -0.4 is 0 Å². The molecule has 0 aromatic rings. The minimum absolute atomic E-state index is 0.0646. The predicted molar refractivity (Wildman–Crippen MR) is 105 cm³/mol. The lowest BCUT2D eigenvalue weighted by Gasteiger charge is -2.64. The first-order chi connectivity index (χ1) is 13.2. The molecule has 0 saturated heterocycles. The minimum atomic E-state index is -0.774. The molecule has 0 radical (unpaired) electrons. The quantitative estimate of drug-likeness (QED) is 0.561. The fourth-order valence-electron chi connectivity index (χ4n) is 9.49. The maximum Gasteiger partial charge on any atom is 0.0828 e. The van der Waals surface area contributed by atoms with Crippen LogP contribution in [-0.4, -0.2) is 44.3 Å². The van der Waals surface area contributed by atoms with E-state index in [0.717, 1.165) is 38.5 Å². The Kier molecular flexibility index (Phi) is 3.44. The molecular formula is C24H36O4. The second kappa shape index (κ2) is 5.25. The molecule has 156 valence electrons. The average Bonchev–Trinajstić information content (AvgIpc) is 3.54. The topological polar surface area (TPSA) is 80.9 Å². The third-order valence-corrected chi connectivity index (χ3v) is 11.0. The molecule has 4 heteroatoms. The van der Waals surface area contributed by atoms with E-state index in [-0.39, 0.29) is 29.5 Å². The predicted octanol–water partition coefficient (Wildman–Crippen LogP) is 2.64. The summed E-state index contributed by atoms with van der Waals surface area (Å²) in [7, 11) is 0. The third-order valence-electron chi connectivity index (χ3n) is 11.0. The van der Waals surface area contributed by atoms with E-state index in [2.05, 4.69) is 19.9 Å². The highest BCUT2D eigenvalue weighted by atomic mass is 16.3. The van der Waals surface area contributed by atoms with Crippen molar-refractivity contribution in [2.75, 3.05) is 6.61 Å². The summed E-state index contributed by atoms with van der Waals surface area (Å²) >= 11 is 0. The van der Waals surface area contributed by atoms with Crippen molar-refractivity contribution in [1.29, 1.82) is 0 Å². The molecule has 11 atom stereocenters. The molecule has 6 aliphatic rings. The lowest BCUT2D eigenvalue weighted by Crippen LogP contribution is -2.65. The van der Waals surface area contributed by atoms with E-state index in [1.807, 2.05) is 0 Å². The molecule has 6 aliphatic carbocycles. The van der Waals surface area contributed by atoms with Crippen molar-refractivity contribution in [2.24, 2.45) is 46.3 Å². The largest absolute Gasteiger partial charge is 0.396 e. The number of aliphatic hydroxyl groups excluding tert-OH is 2. The van der Waals surface area contributed by atoms with Crippen molar-refractivity contribution in [3.8, 4) is 0 Å². The molecule has 5 fully saturated rings. The molecular weight excluding hydrogens is 352 g/mol. The Morgan fingerprint density at radius 1 is 1.07 bits per heavy atom. The van der Waals surface area contributed by atoms with Gasteiger partial charge in [-0.05, 0) is 74.5 Å². The van der Waals surface area contributed by atoms with E-state index >= 15 is 0 Å². The van der Waals surface area contributed by atoms with Gasteiger partial charge in [-0.25, -0.2) is 0 Å². The van der Waals surface area contributed by atoms with Crippen LogP contribution in [0.2, 0.25) is 0 Å². The van der Waals surface area contributed by atoms with E-state index in [1.54, 1.807) is 0 Å². The van der Waals surface area contributed by atoms with E-state index in [9.17, 15) is 20.4 Å². The van der Waals surface area contributed by atoms with Gasteiger partial charge in [0.2, 0.25) is 0 Å². The molecule has 0 bridgehead atoms. The van der Waals surface area contributed by atoms with Gasteiger partial charge < -0.3 is 20.4 Å². The van der Waals surface area contributed by atoms with Gasteiger partial charge in [0, 0.05) is 29.8 Å². The number of hydrogen-bond acceptors (Lipinski definition) is 4. The van der Waals surface area contributed by atoms with Crippen LogP contribution in [0.25, 0.3) is 0 Å². The van der Waals surface area contributed by atoms with Crippen molar-refractivity contribution in [3.05, 3.63) is 11.6 Å². The SMILES string of the molecule is CC12CCC(O)CC1(O)C1C=C1C1C2CCC2(C)C1C1CC1C2(O)CCCO. The number of aliphatic hydroxyl groups is 4. The Morgan fingerprint density at radius 2 is 1.82 bits per heavy atom. The van der Waals surface area contributed by atoms with Crippen LogP contribution in [0.4, 0.5) is 0 Å². The standard InChI is InChI=1S/C24H36O4/c1-21-7-4-13(26)12-24(21,28)17-10-14(17)19-16(21)5-8-22(2)20(19)15-11-18(15)23(22,27)6-3-9-25/h10,13,15-20,25-28H,3-9,11-12H2,1-2H3. The first-order valence-corrected chi connectivity index (χ1v) is 11.7. The van der Waals surface area contributed by atoms with Gasteiger partial charge in [-0.1, -0.05) is 25.5 Å². The summed E-state index contributed by atoms with van der Waals surface area (Å²) in [5, 5.41) is 43.3. The van der Waals surface area contributed by atoms with Gasteiger partial charge in [0.1, 0.15) is 0 Å². The summed E-state index contributed by atoms with van der Waals surface area (Å²) in [6.45, 7) is 4.80. The Balaban J connectivity index is 1.39. The van der Waals surface area contributed by atoms with Crippen molar-refractivity contribution in [1.82, 2.24) is 0 Å². The number of fused-ring (bicyclic) bond motifs is 10. The van der Waals surface area contributed by atoms with Crippen LogP contribution >= 0.6 is 0 Å². The van der Waals surface area contributed by atoms with E-state index in [1.165, 1.54) is 5.57 Å². The molecule has 4 N–H and O–H groups in total. The monoisotopic (exact) mass is 388 g/mol. The van der Waals surface area contributed by atoms with Crippen LogP contribution in [0, 0.1) is 46.3 Å². The molecule has 5 saturated carbocycles. The van der Waals surface area contributed by atoms with Crippen molar-refractivity contribution < 1.29 is 20.4 Å². The highest BCUT2D eigenvalue weighted by molar-refractivity contribution is 5.46. The van der Waals surface area contributed by atoms with Crippen LogP contribution in [0.3, 0.4) is 0 Å². The Morgan fingerprint density at radius 3 is 2.57 bits per heavy atom. The first kappa shape index (κ1) is 18.4. The second-order valence-electron chi connectivity index (χ2n) is 11.8. The zero-order valence-electron chi connectivity index (χ0n) is 17.3. The zero-order valence-corrected chi connectivity index (χ0v) is 17.3. The van der Waals surface area contributed by atoms with Gasteiger partial charge >= 0.3 is 0 Å². The first-order valence-electron chi connectivity index (χ1n) is 11.7. The van der Waals surface area contributed by atoms with Gasteiger partial charge in [0.25, 0.3) is 0 Å². The van der Waals surface area contributed by atoms with Crippen LogP contribution in [0.5, 0.6) is 0 Å². The molecule has 0 aliphatic heterocycles. The molecule has 11 unspecified atom stereocenters. The Hall–Kier alpha value is -0.420.